The normalized spacial score (nSPS) is 41.7. The maximum absolute atomic E-state index is 11.0. The van der Waals surface area contributed by atoms with Gasteiger partial charge in [0.15, 0.2) is 0 Å². The zero-order chi connectivity index (χ0) is 8.72. The van der Waals surface area contributed by atoms with Crippen molar-refractivity contribution < 1.29 is 4.79 Å². The molecule has 0 aromatic heterocycles. The van der Waals surface area contributed by atoms with Gasteiger partial charge in [0.2, 0.25) is 5.24 Å². The van der Waals surface area contributed by atoms with Crippen molar-refractivity contribution in [2.45, 2.75) is 37.8 Å². The lowest BCUT2D eigenvalue weighted by atomic mass is 9.92. The van der Waals surface area contributed by atoms with Crippen molar-refractivity contribution in [2.75, 3.05) is 7.05 Å². The Hall–Kier alpha value is -0.0800. The maximum atomic E-state index is 11.0. The van der Waals surface area contributed by atoms with E-state index in [2.05, 4.69) is 11.9 Å². The second kappa shape index (κ2) is 3.00. The molecule has 0 aromatic rings. The summed E-state index contributed by atoms with van der Waals surface area (Å²) >= 11 is 5.51. The Morgan fingerprint density at radius 3 is 2.25 bits per heavy atom. The van der Waals surface area contributed by atoms with Crippen LogP contribution in [0.25, 0.3) is 0 Å². The number of nitrogens with zero attached hydrogens (tertiary/aromatic N) is 1. The average molecular weight is 188 g/mol. The Balaban J connectivity index is 2.07. The van der Waals surface area contributed by atoms with Gasteiger partial charge in [-0.15, -0.1) is 0 Å². The van der Waals surface area contributed by atoms with Crippen molar-refractivity contribution in [3.8, 4) is 0 Å². The Morgan fingerprint density at radius 2 is 1.83 bits per heavy atom. The second-order valence-electron chi connectivity index (χ2n) is 4.02. The van der Waals surface area contributed by atoms with Gasteiger partial charge in [0.05, 0.1) is 0 Å². The van der Waals surface area contributed by atoms with Gasteiger partial charge in [0, 0.05) is 18.0 Å². The molecule has 2 bridgehead atoms. The van der Waals surface area contributed by atoms with Crippen molar-refractivity contribution in [1.82, 2.24) is 4.90 Å². The summed E-state index contributed by atoms with van der Waals surface area (Å²) in [5, 5.41) is -0.125. The number of hydrogen-bond donors (Lipinski definition) is 0. The maximum Gasteiger partial charge on any atom is 0.224 e. The number of carbonyl (C=O) groups is 1. The molecule has 0 amide bonds. The highest BCUT2D eigenvalue weighted by Crippen LogP contribution is 2.37. The van der Waals surface area contributed by atoms with E-state index in [-0.39, 0.29) is 11.2 Å². The molecule has 2 atom stereocenters. The number of fused-ring (bicyclic) bond motifs is 2. The fourth-order valence-electron chi connectivity index (χ4n) is 2.60. The van der Waals surface area contributed by atoms with Crippen molar-refractivity contribution in [3.63, 3.8) is 0 Å². The first kappa shape index (κ1) is 8.52. The van der Waals surface area contributed by atoms with Crippen molar-refractivity contribution >= 4 is 16.8 Å². The van der Waals surface area contributed by atoms with Gasteiger partial charge in [-0.25, -0.2) is 0 Å². The van der Waals surface area contributed by atoms with Crippen LogP contribution in [-0.2, 0) is 4.79 Å². The van der Waals surface area contributed by atoms with Gasteiger partial charge in [-0.1, -0.05) is 0 Å². The van der Waals surface area contributed by atoms with Gasteiger partial charge in [0.25, 0.3) is 0 Å². The first-order chi connectivity index (χ1) is 5.68. The minimum absolute atomic E-state index is 0.125. The van der Waals surface area contributed by atoms with Crippen LogP contribution in [-0.4, -0.2) is 29.3 Å². The molecule has 68 valence electrons. The fourth-order valence-corrected chi connectivity index (χ4v) is 2.77. The van der Waals surface area contributed by atoms with E-state index in [1.807, 2.05) is 0 Å². The third-order valence-electron chi connectivity index (χ3n) is 3.42. The van der Waals surface area contributed by atoms with Crippen LogP contribution in [0.4, 0.5) is 0 Å². The van der Waals surface area contributed by atoms with E-state index in [1.165, 1.54) is 12.8 Å². The summed E-state index contributed by atoms with van der Waals surface area (Å²) in [6, 6.07) is 1.24. The van der Waals surface area contributed by atoms with Gasteiger partial charge in [0.1, 0.15) is 0 Å². The van der Waals surface area contributed by atoms with Crippen molar-refractivity contribution in [1.29, 1.82) is 0 Å². The molecular weight excluding hydrogens is 174 g/mol. The Kier molecular flexibility index (Phi) is 2.13. The predicted molar refractivity (Wildman–Crippen MR) is 48.2 cm³/mol. The largest absolute Gasteiger partial charge is 0.300 e. The van der Waals surface area contributed by atoms with E-state index < -0.39 is 0 Å². The Morgan fingerprint density at radius 1 is 1.33 bits per heavy atom. The molecule has 3 heteroatoms. The van der Waals surface area contributed by atoms with Crippen molar-refractivity contribution in [2.24, 2.45) is 5.92 Å². The quantitative estimate of drug-likeness (QED) is 0.582. The molecule has 2 aliphatic heterocycles. The highest BCUT2D eigenvalue weighted by atomic mass is 35.5. The highest BCUT2D eigenvalue weighted by molar-refractivity contribution is 6.64. The van der Waals surface area contributed by atoms with E-state index in [4.69, 9.17) is 11.6 Å². The molecule has 2 aliphatic rings. The second-order valence-corrected chi connectivity index (χ2v) is 4.40. The zero-order valence-electron chi connectivity index (χ0n) is 7.29. The number of carbonyl (C=O) groups excluding carboxylic acids is 1. The van der Waals surface area contributed by atoms with Gasteiger partial charge in [-0.2, -0.15) is 0 Å². The number of rotatable bonds is 1. The molecule has 0 N–H and O–H groups in total. The molecule has 0 aliphatic carbocycles. The molecule has 0 aromatic carbocycles. The topological polar surface area (TPSA) is 20.3 Å². The van der Waals surface area contributed by atoms with E-state index >= 15 is 0 Å². The van der Waals surface area contributed by atoms with Crippen LogP contribution in [0.15, 0.2) is 0 Å². The molecule has 12 heavy (non-hydrogen) atoms. The molecule has 2 heterocycles. The minimum Gasteiger partial charge on any atom is -0.300 e. The first-order valence-electron chi connectivity index (χ1n) is 4.59. The lowest BCUT2D eigenvalue weighted by Crippen LogP contribution is -2.41. The van der Waals surface area contributed by atoms with Gasteiger partial charge >= 0.3 is 0 Å². The van der Waals surface area contributed by atoms with E-state index in [0.717, 1.165) is 12.8 Å². The van der Waals surface area contributed by atoms with Crippen LogP contribution in [0.1, 0.15) is 25.7 Å². The van der Waals surface area contributed by atoms with Crippen LogP contribution in [0.3, 0.4) is 0 Å². The lowest BCUT2D eigenvalue weighted by molar-refractivity contribution is -0.117. The molecule has 0 radical (unpaired) electrons. The molecule has 2 nitrogen and oxygen atoms in total. The Bertz CT molecular complexity index is 193. The molecule has 2 fully saturated rings. The van der Waals surface area contributed by atoms with Crippen LogP contribution < -0.4 is 0 Å². The summed E-state index contributed by atoms with van der Waals surface area (Å²) in [6.07, 6.45) is 4.47. The number of hydrogen-bond acceptors (Lipinski definition) is 2. The molecule has 0 spiro atoms. The molecular formula is C9H14ClNO. The third kappa shape index (κ3) is 1.27. The van der Waals surface area contributed by atoms with Crippen LogP contribution in [0.5, 0.6) is 0 Å². The summed E-state index contributed by atoms with van der Waals surface area (Å²) in [5.74, 6) is 0.139. The first-order valence-corrected chi connectivity index (χ1v) is 4.97. The molecule has 2 rings (SSSR count). The summed E-state index contributed by atoms with van der Waals surface area (Å²) < 4.78 is 0. The lowest BCUT2D eigenvalue weighted by Gasteiger charge is -2.34. The fraction of sp³-hybridized carbons (Fsp3) is 0.889. The summed E-state index contributed by atoms with van der Waals surface area (Å²) in [6.45, 7) is 0. The Labute approximate surface area is 77.9 Å². The standard InChI is InChI=1S/C9H14ClNO/c1-11-7-2-3-8(11)5-6(4-7)9(10)12/h6-8H,2-5H2,1H3. The SMILES string of the molecule is CN1C2CCC1CC(C(=O)Cl)C2. The van der Waals surface area contributed by atoms with Crippen molar-refractivity contribution in [3.05, 3.63) is 0 Å². The third-order valence-corrected chi connectivity index (χ3v) is 3.73. The average Bonchev–Trinajstić information content (AvgIpc) is 2.30. The molecule has 2 unspecified atom stereocenters. The number of piperidine rings is 1. The molecule has 2 saturated heterocycles. The zero-order valence-corrected chi connectivity index (χ0v) is 8.05. The molecule has 0 saturated carbocycles. The van der Waals surface area contributed by atoms with E-state index in [1.54, 1.807) is 0 Å². The van der Waals surface area contributed by atoms with E-state index in [0.29, 0.717) is 12.1 Å². The number of halogens is 1. The van der Waals surface area contributed by atoms with Crippen LogP contribution in [0, 0.1) is 5.92 Å². The van der Waals surface area contributed by atoms with Gasteiger partial charge in [-0.3, -0.25) is 4.79 Å². The predicted octanol–water partition coefficient (Wildman–Crippen LogP) is 1.62. The van der Waals surface area contributed by atoms with E-state index in [9.17, 15) is 4.79 Å². The minimum atomic E-state index is -0.125. The van der Waals surface area contributed by atoms with Crippen LogP contribution in [0.2, 0.25) is 0 Å². The monoisotopic (exact) mass is 187 g/mol. The van der Waals surface area contributed by atoms with Gasteiger partial charge in [-0.05, 0) is 44.3 Å². The van der Waals surface area contributed by atoms with Crippen LogP contribution >= 0.6 is 11.6 Å². The summed E-state index contributed by atoms with van der Waals surface area (Å²) in [7, 11) is 2.16. The summed E-state index contributed by atoms with van der Waals surface area (Å²) in [5.41, 5.74) is 0. The van der Waals surface area contributed by atoms with Gasteiger partial charge < -0.3 is 4.90 Å². The summed E-state index contributed by atoms with van der Waals surface area (Å²) in [4.78, 5) is 13.4. The smallest absolute Gasteiger partial charge is 0.224 e. The highest BCUT2D eigenvalue weighted by Gasteiger charge is 2.40.